The number of carbonyl (C=O) groups excluding carboxylic acids is 2. The summed E-state index contributed by atoms with van der Waals surface area (Å²) >= 11 is 0. The summed E-state index contributed by atoms with van der Waals surface area (Å²) in [5.41, 5.74) is 1.94. The fourth-order valence-electron chi connectivity index (χ4n) is 4.01. The Morgan fingerprint density at radius 1 is 1.06 bits per heavy atom. The monoisotopic (exact) mass is 471 g/mol. The molecule has 1 heterocycles. The lowest BCUT2D eigenvalue weighted by Gasteiger charge is -2.31. The van der Waals surface area contributed by atoms with Crippen LogP contribution in [0.5, 0.6) is 0 Å². The molecule has 2 aromatic carbocycles. The van der Waals surface area contributed by atoms with E-state index in [9.17, 15) is 18.0 Å². The second kappa shape index (κ2) is 11.4. The van der Waals surface area contributed by atoms with Gasteiger partial charge in [-0.2, -0.15) is 0 Å². The first-order valence-electron chi connectivity index (χ1n) is 11.5. The Balaban J connectivity index is 1.60. The number of hydrogen-bond acceptors (Lipinski definition) is 4. The number of rotatable bonds is 9. The highest BCUT2D eigenvalue weighted by Crippen LogP contribution is 2.23. The summed E-state index contributed by atoms with van der Waals surface area (Å²) in [5.74, 6) is -0.908. The fraction of sp³-hybridized carbons (Fsp3) is 0.440. The molecule has 3 rings (SSSR count). The Morgan fingerprint density at radius 3 is 2.48 bits per heavy atom. The third-order valence-electron chi connectivity index (χ3n) is 5.71. The van der Waals surface area contributed by atoms with Crippen LogP contribution in [0.1, 0.15) is 49.0 Å². The zero-order valence-corrected chi connectivity index (χ0v) is 20.1. The van der Waals surface area contributed by atoms with Crippen LogP contribution in [-0.4, -0.2) is 49.4 Å². The zero-order chi connectivity index (χ0) is 23.8. The third kappa shape index (κ3) is 7.14. The van der Waals surface area contributed by atoms with E-state index in [4.69, 9.17) is 0 Å². The quantitative estimate of drug-likeness (QED) is 0.586. The summed E-state index contributed by atoms with van der Waals surface area (Å²) in [5, 5.41) is 5.68. The van der Waals surface area contributed by atoms with Gasteiger partial charge in [-0.3, -0.25) is 9.59 Å². The summed E-state index contributed by atoms with van der Waals surface area (Å²) in [6.45, 7) is 4.34. The maximum absolute atomic E-state index is 13.0. The molecule has 1 fully saturated rings. The molecule has 8 heteroatoms. The zero-order valence-electron chi connectivity index (χ0n) is 19.3. The Labute approximate surface area is 196 Å². The van der Waals surface area contributed by atoms with Crippen LogP contribution < -0.4 is 10.6 Å². The number of hydrogen-bond donors (Lipinski definition) is 2. The second-order valence-electron chi connectivity index (χ2n) is 8.77. The summed E-state index contributed by atoms with van der Waals surface area (Å²) in [6, 6.07) is 16.6. The van der Waals surface area contributed by atoms with Crippen LogP contribution >= 0.6 is 0 Å². The van der Waals surface area contributed by atoms with Crippen molar-refractivity contribution in [3.63, 3.8) is 0 Å². The van der Waals surface area contributed by atoms with Crippen molar-refractivity contribution in [2.45, 2.75) is 45.6 Å². The van der Waals surface area contributed by atoms with Crippen molar-refractivity contribution in [3.8, 4) is 0 Å². The number of amides is 2. The lowest BCUT2D eigenvalue weighted by atomic mass is 9.98. The number of benzene rings is 2. The standard InChI is InChI=1S/C25H33N3O4S/c1-19(2)26-25(30)22-14-6-7-15-23(22)27-24(29)21-13-8-16-28(18-21)33(31,32)17-9-12-20-10-4-3-5-11-20/h3-7,10-11,14-15,19,21H,8-9,12-13,16-18H2,1-2H3,(H,26,30)(H,27,29). The summed E-state index contributed by atoms with van der Waals surface area (Å²) in [7, 11) is -3.44. The summed E-state index contributed by atoms with van der Waals surface area (Å²) in [4.78, 5) is 25.4. The van der Waals surface area contributed by atoms with Crippen molar-refractivity contribution in [2.24, 2.45) is 5.92 Å². The summed E-state index contributed by atoms with van der Waals surface area (Å²) in [6.07, 6.45) is 2.48. The van der Waals surface area contributed by atoms with E-state index in [1.165, 1.54) is 4.31 Å². The molecule has 2 aromatic rings. The van der Waals surface area contributed by atoms with E-state index in [-0.39, 0.29) is 30.2 Å². The molecule has 2 amide bonds. The van der Waals surface area contributed by atoms with Crippen molar-refractivity contribution in [1.82, 2.24) is 9.62 Å². The molecule has 0 saturated carbocycles. The van der Waals surface area contributed by atoms with Crippen LogP contribution in [-0.2, 0) is 21.2 Å². The van der Waals surface area contributed by atoms with Crippen LogP contribution in [0.4, 0.5) is 5.69 Å². The van der Waals surface area contributed by atoms with Gasteiger partial charge in [-0.1, -0.05) is 42.5 Å². The summed E-state index contributed by atoms with van der Waals surface area (Å²) < 4.78 is 27.2. The van der Waals surface area contributed by atoms with Gasteiger partial charge in [0.2, 0.25) is 15.9 Å². The van der Waals surface area contributed by atoms with Crippen LogP contribution in [0.15, 0.2) is 54.6 Å². The van der Waals surface area contributed by atoms with E-state index in [2.05, 4.69) is 10.6 Å². The molecule has 178 valence electrons. The first kappa shape index (κ1) is 24.9. The molecule has 7 nitrogen and oxygen atoms in total. The van der Waals surface area contributed by atoms with Gasteiger partial charge in [-0.25, -0.2) is 12.7 Å². The van der Waals surface area contributed by atoms with Gasteiger partial charge in [-0.05, 0) is 57.2 Å². The van der Waals surface area contributed by atoms with Gasteiger partial charge in [0, 0.05) is 19.1 Å². The van der Waals surface area contributed by atoms with Gasteiger partial charge in [0.15, 0.2) is 0 Å². The predicted molar refractivity (Wildman–Crippen MR) is 131 cm³/mol. The van der Waals surface area contributed by atoms with Gasteiger partial charge < -0.3 is 10.6 Å². The Bertz CT molecular complexity index is 1050. The molecule has 33 heavy (non-hydrogen) atoms. The van der Waals surface area contributed by atoms with Gasteiger partial charge in [0.05, 0.1) is 22.9 Å². The minimum atomic E-state index is -3.44. The lowest BCUT2D eigenvalue weighted by molar-refractivity contribution is -0.120. The van der Waals surface area contributed by atoms with Crippen molar-refractivity contribution in [2.75, 3.05) is 24.2 Å². The Kier molecular flexibility index (Phi) is 8.63. The first-order valence-corrected chi connectivity index (χ1v) is 13.1. The molecule has 2 N–H and O–H groups in total. The molecule has 1 atom stereocenters. The molecule has 0 spiro atoms. The number of nitrogens with one attached hydrogen (secondary N) is 2. The molecular formula is C25H33N3O4S. The maximum atomic E-state index is 13.0. The maximum Gasteiger partial charge on any atom is 0.253 e. The van der Waals surface area contributed by atoms with Gasteiger partial charge >= 0.3 is 0 Å². The highest BCUT2D eigenvalue weighted by atomic mass is 32.2. The van der Waals surface area contributed by atoms with Crippen molar-refractivity contribution in [1.29, 1.82) is 0 Å². The van der Waals surface area contributed by atoms with E-state index in [0.29, 0.717) is 43.5 Å². The van der Waals surface area contributed by atoms with Gasteiger partial charge in [-0.15, -0.1) is 0 Å². The smallest absolute Gasteiger partial charge is 0.253 e. The van der Waals surface area contributed by atoms with E-state index in [0.717, 1.165) is 5.56 Å². The predicted octanol–water partition coefficient (Wildman–Crippen LogP) is 3.44. The van der Waals surface area contributed by atoms with E-state index >= 15 is 0 Å². The average molecular weight is 472 g/mol. The van der Waals surface area contributed by atoms with Crippen LogP contribution in [0.25, 0.3) is 0 Å². The number of nitrogens with zero attached hydrogens (tertiary/aromatic N) is 1. The highest BCUT2D eigenvalue weighted by Gasteiger charge is 2.32. The Hall–Kier alpha value is -2.71. The Morgan fingerprint density at radius 2 is 1.76 bits per heavy atom. The highest BCUT2D eigenvalue weighted by molar-refractivity contribution is 7.89. The minimum Gasteiger partial charge on any atom is -0.350 e. The second-order valence-corrected chi connectivity index (χ2v) is 10.9. The van der Waals surface area contributed by atoms with Crippen molar-refractivity contribution < 1.29 is 18.0 Å². The molecule has 0 radical (unpaired) electrons. The molecule has 1 aliphatic rings. The molecule has 0 aromatic heterocycles. The molecule has 1 saturated heterocycles. The largest absolute Gasteiger partial charge is 0.350 e. The van der Waals surface area contributed by atoms with E-state index in [1.54, 1.807) is 24.3 Å². The normalized spacial score (nSPS) is 17.0. The number of anilines is 1. The molecular weight excluding hydrogens is 438 g/mol. The number of aryl methyl sites for hydroxylation is 1. The van der Waals surface area contributed by atoms with Crippen molar-refractivity contribution in [3.05, 3.63) is 65.7 Å². The van der Waals surface area contributed by atoms with E-state index in [1.807, 2.05) is 44.2 Å². The number of para-hydroxylation sites is 1. The number of sulfonamides is 1. The van der Waals surface area contributed by atoms with Crippen LogP contribution in [0.3, 0.4) is 0 Å². The average Bonchev–Trinajstić information content (AvgIpc) is 2.79. The van der Waals surface area contributed by atoms with Gasteiger partial charge in [0.25, 0.3) is 5.91 Å². The number of carbonyl (C=O) groups is 2. The van der Waals surface area contributed by atoms with Crippen molar-refractivity contribution >= 4 is 27.5 Å². The lowest BCUT2D eigenvalue weighted by Crippen LogP contribution is -2.44. The molecule has 0 bridgehead atoms. The van der Waals surface area contributed by atoms with Gasteiger partial charge in [0.1, 0.15) is 0 Å². The molecule has 1 unspecified atom stereocenters. The fourth-order valence-corrected chi connectivity index (χ4v) is 5.59. The number of piperidine rings is 1. The van der Waals surface area contributed by atoms with Crippen LogP contribution in [0, 0.1) is 5.92 Å². The molecule has 0 aliphatic carbocycles. The first-order chi connectivity index (χ1) is 15.8. The SMILES string of the molecule is CC(C)NC(=O)c1ccccc1NC(=O)C1CCCN(S(=O)(=O)CCCc2ccccc2)C1. The molecule has 1 aliphatic heterocycles. The van der Waals surface area contributed by atoms with Crippen LogP contribution in [0.2, 0.25) is 0 Å². The topological polar surface area (TPSA) is 95.6 Å². The third-order valence-corrected chi connectivity index (χ3v) is 7.63. The van der Waals surface area contributed by atoms with E-state index < -0.39 is 15.9 Å². The minimum absolute atomic E-state index is 0.0275.